The Labute approximate surface area is 112 Å². The molecule has 2 rings (SSSR count). The summed E-state index contributed by atoms with van der Waals surface area (Å²) >= 11 is 0. The van der Waals surface area contributed by atoms with Gasteiger partial charge in [0.1, 0.15) is 5.75 Å². The molecule has 0 spiro atoms. The van der Waals surface area contributed by atoms with Crippen LogP contribution in [0.1, 0.15) is 5.82 Å². The number of likely N-dealkylation sites (N-methyl/N-ethyl adjacent to an activating group) is 1. The summed E-state index contributed by atoms with van der Waals surface area (Å²) in [6.45, 7) is 0.706. The van der Waals surface area contributed by atoms with Gasteiger partial charge in [0.15, 0.2) is 5.82 Å². The first-order valence-corrected chi connectivity index (χ1v) is 5.81. The maximum Gasteiger partial charge on any atom is 0.573 e. The highest BCUT2D eigenvalue weighted by Crippen LogP contribution is 2.25. The number of benzene rings is 1. The molecule has 1 N–H and O–H groups in total. The zero-order valence-corrected chi connectivity index (χ0v) is 10.6. The molecule has 5 nitrogen and oxygen atoms in total. The van der Waals surface area contributed by atoms with Gasteiger partial charge in [-0.1, -0.05) is 5.16 Å². The lowest BCUT2D eigenvalue weighted by Gasteiger charge is -2.08. The monoisotopic (exact) mass is 287 g/mol. The molecule has 108 valence electrons. The Morgan fingerprint density at radius 2 is 1.95 bits per heavy atom. The van der Waals surface area contributed by atoms with E-state index in [-0.39, 0.29) is 11.6 Å². The Morgan fingerprint density at radius 1 is 1.25 bits per heavy atom. The highest BCUT2D eigenvalue weighted by Gasteiger charge is 2.31. The van der Waals surface area contributed by atoms with Crippen molar-refractivity contribution in [2.24, 2.45) is 0 Å². The van der Waals surface area contributed by atoms with E-state index in [4.69, 9.17) is 4.52 Å². The number of halogens is 3. The standard InChI is InChI=1S/C12H12F3N3O2/c1-16-7-6-10-17-11(20-18-10)8-2-4-9(5-3-8)19-12(13,14)15/h2-5,16H,6-7H2,1H3. The third-order valence-electron chi connectivity index (χ3n) is 2.40. The van der Waals surface area contributed by atoms with Crippen LogP contribution in [0, 0.1) is 0 Å². The van der Waals surface area contributed by atoms with Crippen molar-refractivity contribution in [1.82, 2.24) is 15.5 Å². The van der Waals surface area contributed by atoms with Gasteiger partial charge in [-0.2, -0.15) is 4.98 Å². The second-order valence-corrected chi connectivity index (χ2v) is 3.94. The fraction of sp³-hybridized carbons (Fsp3) is 0.333. The third-order valence-corrected chi connectivity index (χ3v) is 2.40. The van der Waals surface area contributed by atoms with Crippen LogP contribution in [0.15, 0.2) is 28.8 Å². The second kappa shape index (κ2) is 5.91. The van der Waals surface area contributed by atoms with Crippen LogP contribution >= 0.6 is 0 Å². The number of rotatable bonds is 5. The van der Waals surface area contributed by atoms with Crippen molar-refractivity contribution in [2.75, 3.05) is 13.6 Å². The normalized spacial score (nSPS) is 11.6. The molecule has 0 aliphatic heterocycles. The smallest absolute Gasteiger partial charge is 0.406 e. The average molecular weight is 287 g/mol. The van der Waals surface area contributed by atoms with Crippen molar-refractivity contribution in [3.05, 3.63) is 30.1 Å². The number of hydrogen-bond acceptors (Lipinski definition) is 5. The largest absolute Gasteiger partial charge is 0.573 e. The van der Waals surface area contributed by atoms with Gasteiger partial charge >= 0.3 is 6.36 Å². The lowest BCUT2D eigenvalue weighted by molar-refractivity contribution is -0.274. The number of alkyl halides is 3. The van der Waals surface area contributed by atoms with Gasteiger partial charge in [0.25, 0.3) is 5.89 Å². The molecule has 0 bridgehead atoms. The molecule has 0 fully saturated rings. The van der Waals surface area contributed by atoms with Crippen LogP contribution in [-0.4, -0.2) is 30.1 Å². The summed E-state index contributed by atoms with van der Waals surface area (Å²) in [5.41, 5.74) is 0.530. The SMILES string of the molecule is CNCCc1noc(-c2ccc(OC(F)(F)F)cc2)n1. The van der Waals surface area contributed by atoms with E-state index in [1.54, 1.807) is 7.05 Å². The molecular formula is C12H12F3N3O2. The van der Waals surface area contributed by atoms with Crippen molar-refractivity contribution in [2.45, 2.75) is 12.8 Å². The van der Waals surface area contributed by atoms with Gasteiger partial charge < -0.3 is 14.6 Å². The molecule has 8 heteroatoms. The molecule has 0 unspecified atom stereocenters. The third kappa shape index (κ3) is 3.95. The Hall–Kier alpha value is -2.09. The van der Waals surface area contributed by atoms with Gasteiger partial charge in [0.2, 0.25) is 0 Å². The summed E-state index contributed by atoms with van der Waals surface area (Å²) in [6.07, 6.45) is -4.10. The molecule has 0 saturated heterocycles. The Balaban J connectivity index is 2.07. The summed E-state index contributed by atoms with van der Waals surface area (Å²) < 4.78 is 44.9. The zero-order valence-electron chi connectivity index (χ0n) is 10.6. The maximum absolute atomic E-state index is 12.0. The minimum Gasteiger partial charge on any atom is -0.406 e. The lowest BCUT2D eigenvalue weighted by atomic mass is 10.2. The molecule has 0 saturated carbocycles. The molecular weight excluding hydrogens is 275 g/mol. The predicted molar refractivity (Wildman–Crippen MR) is 64.0 cm³/mol. The molecule has 1 heterocycles. The summed E-state index contributed by atoms with van der Waals surface area (Å²) in [7, 11) is 1.81. The van der Waals surface area contributed by atoms with E-state index in [2.05, 4.69) is 20.2 Å². The molecule has 0 amide bonds. The highest BCUT2D eigenvalue weighted by molar-refractivity contribution is 5.54. The minimum absolute atomic E-state index is 0.259. The fourth-order valence-corrected chi connectivity index (χ4v) is 1.51. The van der Waals surface area contributed by atoms with Crippen molar-refractivity contribution >= 4 is 0 Å². The first-order valence-electron chi connectivity index (χ1n) is 5.81. The van der Waals surface area contributed by atoms with Crippen molar-refractivity contribution in [1.29, 1.82) is 0 Å². The van der Waals surface area contributed by atoms with Gasteiger partial charge in [-0.05, 0) is 31.3 Å². The minimum atomic E-state index is -4.70. The van der Waals surface area contributed by atoms with Gasteiger partial charge in [-0.25, -0.2) is 0 Å². The predicted octanol–water partition coefficient (Wildman–Crippen LogP) is 2.40. The van der Waals surface area contributed by atoms with Gasteiger partial charge in [-0.15, -0.1) is 13.2 Å². The van der Waals surface area contributed by atoms with Crippen LogP contribution < -0.4 is 10.1 Å². The number of nitrogens with one attached hydrogen (secondary N) is 1. The molecule has 20 heavy (non-hydrogen) atoms. The van der Waals surface area contributed by atoms with Gasteiger partial charge in [0.05, 0.1) is 0 Å². The Kier molecular flexibility index (Phi) is 4.23. The molecule has 0 aliphatic rings. The van der Waals surface area contributed by atoms with Gasteiger partial charge in [0, 0.05) is 18.5 Å². The van der Waals surface area contributed by atoms with Crippen molar-refractivity contribution in [3.63, 3.8) is 0 Å². The molecule has 0 atom stereocenters. The summed E-state index contributed by atoms with van der Waals surface area (Å²) in [5, 5.41) is 6.72. The first-order chi connectivity index (χ1) is 9.48. The molecule has 0 radical (unpaired) electrons. The molecule has 1 aromatic carbocycles. The quantitative estimate of drug-likeness (QED) is 0.915. The average Bonchev–Trinajstić information content (AvgIpc) is 2.84. The fourth-order valence-electron chi connectivity index (χ4n) is 1.51. The number of hydrogen-bond donors (Lipinski definition) is 1. The summed E-state index contributed by atoms with van der Waals surface area (Å²) in [6, 6.07) is 5.24. The van der Waals surface area contributed by atoms with Crippen molar-refractivity contribution < 1.29 is 22.4 Å². The van der Waals surface area contributed by atoms with Crippen molar-refractivity contribution in [3.8, 4) is 17.2 Å². The van der Waals surface area contributed by atoms with E-state index in [0.717, 1.165) is 0 Å². The molecule has 0 aliphatic carbocycles. The van der Waals surface area contributed by atoms with E-state index in [0.29, 0.717) is 24.4 Å². The van der Waals surface area contributed by atoms with Crippen LogP contribution in [0.4, 0.5) is 13.2 Å². The van der Waals surface area contributed by atoms with E-state index in [1.165, 1.54) is 24.3 Å². The molecule has 1 aromatic heterocycles. The number of aromatic nitrogens is 2. The van der Waals surface area contributed by atoms with E-state index in [9.17, 15) is 13.2 Å². The Bertz CT molecular complexity index is 552. The van der Waals surface area contributed by atoms with E-state index in [1.807, 2.05) is 0 Å². The van der Waals surface area contributed by atoms with Crippen LogP contribution in [-0.2, 0) is 6.42 Å². The number of nitrogens with zero attached hydrogens (tertiary/aromatic N) is 2. The van der Waals surface area contributed by atoms with Gasteiger partial charge in [-0.3, -0.25) is 0 Å². The maximum atomic E-state index is 12.0. The van der Waals surface area contributed by atoms with E-state index >= 15 is 0 Å². The Morgan fingerprint density at radius 3 is 2.55 bits per heavy atom. The van der Waals surface area contributed by atoms with E-state index < -0.39 is 6.36 Å². The number of ether oxygens (including phenoxy) is 1. The van der Waals surface area contributed by atoms with Crippen LogP contribution in [0.25, 0.3) is 11.5 Å². The second-order valence-electron chi connectivity index (χ2n) is 3.94. The van der Waals surface area contributed by atoms with Crippen LogP contribution in [0.3, 0.4) is 0 Å². The summed E-state index contributed by atoms with van der Waals surface area (Å²) in [5.74, 6) is 0.496. The topological polar surface area (TPSA) is 60.2 Å². The van der Waals surface area contributed by atoms with Crippen LogP contribution in [0.2, 0.25) is 0 Å². The van der Waals surface area contributed by atoms with Crippen LogP contribution in [0.5, 0.6) is 5.75 Å². The lowest BCUT2D eigenvalue weighted by Crippen LogP contribution is -2.16. The zero-order chi connectivity index (χ0) is 14.6. The molecule has 2 aromatic rings. The summed E-state index contributed by atoms with van der Waals surface area (Å²) in [4.78, 5) is 4.14. The first kappa shape index (κ1) is 14.3. The highest BCUT2D eigenvalue weighted by atomic mass is 19.4.